The lowest BCUT2D eigenvalue weighted by molar-refractivity contribution is -0.116. The van der Waals surface area contributed by atoms with Gasteiger partial charge in [0.1, 0.15) is 4.90 Å². The van der Waals surface area contributed by atoms with Crippen LogP contribution in [0.3, 0.4) is 0 Å². The normalized spacial score (nSPS) is 11.9. The Morgan fingerprint density at radius 2 is 1.81 bits per heavy atom. The van der Waals surface area contributed by atoms with Gasteiger partial charge in [0, 0.05) is 18.3 Å². The number of sulfonamides is 1. The van der Waals surface area contributed by atoms with Gasteiger partial charge in [-0.15, -0.1) is 5.10 Å². The van der Waals surface area contributed by atoms with Crippen molar-refractivity contribution in [2.45, 2.75) is 25.7 Å². The molecule has 0 aliphatic heterocycles. The Balaban J connectivity index is 2.36. The fourth-order valence-corrected chi connectivity index (χ4v) is 3.49. The smallest absolute Gasteiger partial charge is 0.265 e. The number of anilines is 1. The summed E-state index contributed by atoms with van der Waals surface area (Å²) in [4.78, 5) is 19.9. The number of nitrogens with zero attached hydrogens (tertiary/aromatic N) is 4. The van der Waals surface area contributed by atoms with Gasteiger partial charge in [0.25, 0.3) is 16.0 Å². The largest absolute Gasteiger partial charge is 0.368 e. The van der Waals surface area contributed by atoms with E-state index in [-0.39, 0.29) is 15.9 Å². The quantitative estimate of drug-likeness (QED) is 0.455. The molecule has 0 saturated carbocycles. The van der Waals surface area contributed by atoms with Crippen LogP contribution in [0.25, 0.3) is 0 Å². The molecule has 2 aromatic rings. The minimum Gasteiger partial charge on any atom is -0.368 e. The van der Waals surface area contributed by atoms with Crippen LogP contribution in [0.5, 0.6) is 0 Å². The molecule has 0 spiro atoms. The summed E-state index contributed by atoms with van der Waals surface area (Å²) in [7, 11) is -4.08. The average Bonchev–Trinajstić information content (AvgIpc) is 2.51. The number of nitrogens with two attached hydrogens (primary N) is 1. The van der Waals surface area contributed by atoms with Crippen LogP contribution in [-0.2, 0) is 14.8 Å². The van der Waals surface area contributed by atoms with Gasteiger partial charge in [-0.25, -0.2) is 23.1 Å². The number of nitrogens with one attached hydrogen (secondary N) is 1. The summed E-state index contributed by atoms with van der Waals surface area (Å²) in [6.07, 6.45) is 0. The molecule has 0 bridgehead atoms. The molecule has 0 aliphatic carbocycles. The molecule has 26 heavy (non-hydrogen) atoms. The number of aromatic nitrogens is 2. The van der Waals surface area contributed by atoms with Crippen molar-refractivity contribution in [3.63, 3.8) is 0 Å². The van der Waals surface area contributed by atoms with Crippen molar-refractivity contribution in [2.75, 3.05) is 5.01 Å². The van der Waals surface area contributed by atoms with Gasteiger partial charge in [-0.05, 0) is 32.0 Å². The van der Waals surface area contributed by atoms with Gasteiger partial charge in [-0.2, -0.15) is 5.01 Å². The fraction of sp³-hybridized carbons (Fsp3) is 0.200. The monoisotopic (exact) mass is 396 g/mol. The maximum atomic E-state index is 12.4. The highest BCUT2D eigenvalue weighted by Gasteiger charge is 2.21. The second kappa shape index (κ2) is 7.67. The lowest BCUT2D eigenvalue weighted by atomic mass is 10.3. The summed E-state index contributed by atoms with van der Waals surface area (Å²) in [5.41, 5.74) is 6.90. The summed E-state index contributed by atoms with van der Waals surface area (Å²) in [5.74, 6) is -1.10. The molecule has 1 aromatic carbocycles. The molecule has 0 atom stereocenters. The lowest BCUT2D eigenvalue weighted by Gasteiger charge is -2.15. The number of carbonyl (C=O) groups is 1. The van der Waals surface area contributed by atoms with Crippen molar-refractivity contribution in [3.05, 3.63) is 46.7 Å². The number of hydrogen-bond acceptors (Lipinski definition) is 6. The second-order valence-corrected chi connectivity index (χ2v) is 7.36. The molecule has 1 aromatic heterocycles. The third-order valence-corrected chi connectivity index (χ3v) is 4.89. The van der Waals surface area contributed by atoms with E-state index < -0.39 is 21.9 Å². The molecule has 0 fully saturated rings. The van der Waals surface area contributed by atoms with Crippen LogP contribution >= 0.6 is 11.6 Å². The van der Waals surface area contributed by atoms with Crippen molar-refractivity contribution in [1.29, 1.82) is 0 Å². The van der Waals surface area contributed by atoms with Crippen molar-refractivity contribution in [3.8, 4) is 0 Å². The highest BCUT2D eigenvalue weighted by atomic mass is 35.5. The first kappa shape index (κ1) is 19.6. The molecule has 0 unspecified atom stereocenters. The summed E-state index contributed by atoms with van der Waals surface area (Å²) in [6, 6.07) is 7.56. The minimum atomic E-state index is -4.08. The van der Waals surface area contributed by atoms with Gasteiger partial charge in [-0.3, -0.25) is 4.79 Å². The fourth-order valence-electron chi connectivity index (χ4n) is 2.04. The summed E-state index contributed by atoms with van der Waals surface area (Å²) >= 11 is 5.89. The molecular weight excluding hydrogens is 380 g/mol. The first-order valence-electron chi connectivity index (χ1n) is 7.34. The van der Waals surface area contributed by atoms with Gasteiger partial charge in [-0.1, -0.05) is 23.7 Å². The number of carbonyl (C=O) groups excluding carboxylic acids is 1. The Morgan fingerprint density at radius 1 is 1.23 bits per heavy atom. The van der Waals surface area contributed by atoms with E-state index in [9.17, 15) is 13.2 Å². The number of rotatable bonds is 4. The molecule has 0 radical (unpaired) electrons. The Bertz CT molecular complexity index is 957. The highest BCUT2D eigenvalue weighted by Crippen LogP contribution is 2.20. The van der Waals surface area contributed by atoms with Gasteiger partial charge in [0.2, 0.25) is 11.9 Å². The molecule has 3 N–H and O–H groups in total. The van der Waals surface area contributed by atoms with Gasteiger partial charge < -0.3 is 5.73 Å². The van der Waals surface area contributed by atoms with Crippen LogP contribution in [0.4, 0.5) is 5.95 Å². The van der Waals surface area contributed by atoms with Crippen LogP contribution < -0.4 is 15.5 Å². The predicted molar refractivity (Wildman–Crippen MR) is 98.1 cm³/mol. The van der Waals surface area contributed by atoms with E-state index in [1.165, 1.54) is 25.1 Å². The van der Waals surface area contributed by atoms with Crippen molar-refractivity contribution < 1.29 is 13.2 Å². The van der Waals surface area contributed by atoms with Crippen LogP contribution in [0.2, 0.25) is 5.02 Å². The van der Waals surface area contributed by atoms with E-state index in [0.717, 1.165) is 5.01 Å². The number of hydrazone groups is 1. The van der Waals surface area contributed by atoms with Gasteiger partial charge >= 0.3 is 0 Å². The van der Waals surface area contributed by atoms with Crippen LogP contribution in [0, 0.1) is 13.8 Å². The van der Waals surface area contributed by atoms with E-state index in [1.54, 1.807) is 26.0 Å². The molecular formula is C15H17ClN6O3S. The Morgan fingerprint density at radius 3 is 2.35 bits per heavy atom. The molecule has 0 saturated heterocycles. The number of amides is 1. The number of benzene rings is 1. The predicted octanol–water partition coefficient (Wildman–Crippen LogP) is 1.31. The first-order chi connectivity index (χ1) is 12.1. The van der Waals surface area contributed by atoms with Crippen LogP contribution in [0.1, 0.15) is 18.3 Å². The van der Waals surface area contributed by atoms with Crippen molar-refractivity contribution >= 4 is 39.4 Å². The lowest BCUT2D eigenvalue weighted by Crippen LogP contribution is -2.40. The second-order valence-electron chi connectivity index (χ2n) is 5.30. The van der Waals surface area contributed by atoms with Gasteiger partial charge in [0.15, 0.2) is 0 Å². The van der Waals surface area contributed by atoms with Crippen molar-refractivity contribution in [2.24, 2.45) is 10.8 Å². The van der Waals surface area contributed by atoms with Crippen LogP contribution in [0.15, 0.2) is 40.3 Å². The van der Waals surface area contributed by atoms with E-state index in [1.807, 2.05) is 0 Å². The molecule has 138 valence electrons. The topological polar surface area (TPSA) is 131 Å². The third-order valence-electron chi connectivity index (χ3n) is 3.03. The number of halogens is 1. The Hall–Kier alpha value is -2.72. The standard InChI is InChI=1S/C15H17ClN6O3S/c1-9-8-10(2)19-15(18-9)22(11(3)23)20-14(17)21-26(24,25)13-7-5-4-6-12(13)16/h4-8H,1-3H3,(H3,17,20,21). The molecule has 1 amide bonds. The molecule has 1 heterocycles. The number of aryl methyl sites for hydroxylation is 2. The summed E-state index contributed by atoms with van der Waals surface area (Å²) in [6.45, 7) is 4.67. The molecule has 9 nitrogen and oxygen atoms in total. The zero-order valence-electron chi connectivity index (χ0n) is 14.3. The third kappa shape index (κ3) is 4.67. The summed E-state index contributed by atoms with van der Waals surface area (Å²) < 4.78 is 26.8. The Kier molecular flexibility index (Phi) is 5.78. The van der Waals surface area contributed by atoms with E-state index in [2.05, 4.69) is 19.8 Å². The van der Waals surface area contributed by atoms with Crippen LogP contribution in [-0.4, -0.2) is 30.3 Å². The zero-order valence-corrected chi connectivity index (χ0v) is 15.8. The maximum absolute atomic E-state index is 12.4. The molecule has 0 aliphatic rings. The first-order valence-corrected chi connectivity index (χ1v) is 9.20. The van der Waals surface area contributed by atoms with Gasteiger partial charge in [0.05, 0.1) is 5.02 Å². The number of guanidine groups is 1. The molecule has 11 heteroatoms. The zero-order chi connectivity index (χ0) is 19.5. The average molecular weight is 397 g/mol. The molecule has 2 rings (SSSR count). The SMILES string of the molecule is CC(=O)N(N=C(N)NS(=O)(=O)c1ccccc1Cl)c1nc(C)cc(C)n1. The summed E-state index contributed by atoms with van der Waals surface area (Å²) in [5, 5.41) is 4.62. The van der Waals surface area contributed by atoms with E-state index in [0.29, 0.717) is 11.4 Å². The van der Waals surface area contributed by atoms with Crippen molar-refractivity contribution in [1.82, 2.24) is 14.7 Å². The van der Waals surface area contributed by atoms with E-state index >= 15 is 0 Å². The Labute approximate surface area is 155 Å². The minimum absolute atomic E-state index is 0.0186. The van der Waals surface area contributed by atoms with E-state index in [4.69, 9.17) is 17.3 Å². The maximum Gasteiger partial charge on any atom is 0.265 e. The number of hydrogen-bond donors (Lipinski definition) is 2. The highest BCUT2D eigenvalue weighted by molar-refractivity contribution is 7.90.